The van der Waals surface area contributed by atoms with Gasteiger partial charge in [-0.2, -0.15) is 0 Å². The van der Waals surface area contributed by atoms with Crippen molar-refractivity contribution in [3.8, 4) is 0 Å². The summed E-state index contributed by atoms with van der Waals surface area (Å²) in [4.78, 5) is 9.77. The average molecular weight is 182 g/mol. The molecule has 0 saturated heterocycles. The molecule has 0 heterocycles. The summed E-state index contributed by atoms with van der Waals surface area (Å²) in [6.45, 7) is 0.143. The number of rotatable bonds is 4. The third-order valence-corrected chi connectivity index (χ3v) is 1.67. The maximum Gasteiger partial charge on any atom is 0.495 e. The van der Waals surface area contributed by atoms with Crippen LogP contribution in [-0.2, 0) is 11.2 Å². The molecule has 0 aromatic heterocycles. The Balaban J connectivity index is 2.17. The van der Waals surface area contributed by atoms with Gasteiger partial charge in [-0.1, -0.05) is 30.3 Å². The minimum atomic E-state index is -1.70. The van der Waals surface area contributed by atoms with E-state index in [2.05, 4.69) is 4.74 Å². The predicted molar refractivity (Wildman–Crippen MR) is 47.2 cm³/mol. The van der Waals surface area contributed by atoms with Gasteiger partial charge in [0.1, 0.15) is 0 Å². The largest absolute Gasteiger partial charge is 0.495 e. The number of aryl methyl sites for hydroxylation is 1. The highest BCUT2D eigenvalue weighted by molar-refractivity contribution is 5.57. The van der Waals surface area contributed by atoms with E-state index in [4.69, 9.17) is 0 Å². The number of carbonyl (C=O) groups is 1. The van der Waals surface area contributed by atoms with Gasteiger partial charge >= 0.3 is 6.22 Å². The summed E-state index contributed by atoms with van der Waals surface area (Å²) >= 11 is 0. The summed E-state index contributed by atoms with van der Waals surface area (Å²) in [7, 11) is 0. The summed E-state index contributed by atoms with van der Waals surface area (Å²) in [6, 6.07) is 9.78. The molecule has 0 bridgehead atoms. The number of carbonyl (C=O) groups excluding carboxylic acids is 1. The van der Waals surface area contributed by atoms with Crippen LogP contribution in [0.15, 0.2) is 30.3 Å². The Labute approximate surface area is 76.3 Å². The molecule has 2 nitrogen and oxygen atoms in total. The van der Waals surface area contributed by atoms with E-state index in [-0.39, 0.29) is 6.61 Å². The zero-order chi connectivity index (χ0) is 9.52. The standard InChI is InChI=1S/C10H11FO2/c11-10(12)13-8-4-7-9-5-2-1-3-6-9/h1-3,5-6H,4,7-8H2. The van der Waals surface area contributed by atoms with Gasteiger partial charge in [0.2, 0.25) is 0 Å². The van der Waals surface area contributed by atoms with Crippen LogP contribution in [0, 0.1) is 0 Å². The quantitative estimate of drug-likeness (QED) is 0.528. The molecule has 0 radical (unpaired) electrons. The van der Waals surface area contributed by atoms with Crippen molar-refractivity contribution in [2.24, 2.45) is 0 Å². The van der Waals surface area contributed by atoms with Gasteiger partial charge in [-0.15, -0.1) is 4.39 Å². The summed E-state index contributed by atoms with van der Waals surface area (Å²) < 4.78 is 15.7. The number of ether oxygens (including phenoxy) is 1. The first-order chi connectivity index (χ1) is 6.29. The molecule has 0 aliphatic carbocycles. The van der Waals surface area contributed by atoms with Crippen LogP contribution >= 0.6 is 0 Å². The lowest BCUT2D eigenvalue weighted by atomic mass is 10.1. The molecule has 0 N–H and O–H groups in total. The fourth-order valence-corrected chi connectivity index (χ4v) is 1.07. The van der Waals surface area contributed by atoms with E-state index < -0.39 is 6.22 Å². The van der Waals surface area contributed by atoms with Crippen LogP contribution in [0.4, 0.5) is 9.18 Å². The van der Waals surface area contributed by atoms with Gasteiger partial charge in [0.05, 0.1) is 6.61 Å². The average Bonchev–Trinajstić information content (AvgIpc) is 2.14. The van der Waals surface area contributed by atoms with Crippen LogP contribution in [-0.4, -0.2) is 12.8 Å². The molecule has 70 valence electrons. The predicted octanol–water partition coefficient (Wildman–Crippen LogP) is 2.73. The van der Waals surface area contributed by atoms with E-state index >= 15 is 0 Å². The molecule has 3 heteroatoms. The van der Waals surface area contributed by atoms with Gasteiger partial charge in [-0.25, -0.2) is 4.79 Å². The summed E-state index contributed by atoms with van der Waals surface area (Å²) in [6.07, 6.45) is -0.249. The van der Waals surface area contributed by atoms with E-state index in [1.165, 1.54) is 0 Å². The normalized spacial score (nSPS) is 9.62. The summed E-state index contributed by atoms with van der Waals surface area (Å²) in [5.74, 6) is 0. The van der Waals surface area contributed by atoms with Crippen LogP contribution in [0.2, 0.25) is 0 Å². The first-order valence-corrected chi connectivity index (χ1v) is 4.15. The smallest absolute Gasteiger partial charge is 0.440 e. The van der Waals surface area contributed by atoms with Crippen LogP contribution in [0.1, 0.15) is 12.0 Å². The van der Waals surface area contributed by atoms with Gasteiger partial charge in [0, 0.05) is 0 Å². The van der Waals surface area contributed by atoms with Crippen molar-refractivity contribution < 1.29 is 13.9 Å². The van der Waals surface area contributed by atoms with Crippen molar-refractivity contribution in [2.45, 2.75) is 12.8 Å². The minimum Gasteiger partial charge on any atom is -0.440 e. The van der Waals surface area contributed by atoms with E-state index in [1.54, 1.807) is 0 Å². The van der Waals surface area contributed by atoms with Gasteiger partial charge < -0.3 is 4.74 Å². The van der Waals surface area contributed by atoms with Crippen molar-refractivity contribution in [3.63, 3.8) is 0 Å². The molecule has 0 unspecified atom stereocenters. The SMILES string of the molecule is O=C(F)OCCCc1ccccc1. The molecule has 1 aromatic carbocycles. The fourth-order valence-electron chi connectivity index (χ4n) is 1.07. The van der Waals surface area contributed by atoms with E-state index in [0.717, 1.165) is 12.0 Å². The lowest BCUT2D eigenvalue weighted by Crippen LogP contribution is -1.98. The van der Waals surface area contributed by atoms with Gasteiger partial charge in [-0.3, -0.25) is 0 Å². The van der Waals surface area contributed by atoms with E-state index in [1.807, 2.05) is 30.3 Å². The Morgan fingerprint density at radius 3 is 2.62 bits per heavy atom. The molecule has 0 atom stereocenters. The van der Waals surface area contributed by atoms with Crippen LogP contribution in [0.5, 0.6) is 0 Å². The fraction of sp³-hybridized carbons (Fsp3) is 0.300. The minimum absolute atomic E-state index is 0.143. The summed E-state index contributed by atoms with van der Waals surface area (Å²) in [5, 5.41) is 0. The van der Waals surface area contributed by atoms with Gasteiger partial charge in [0.25, 0.3) is 0 Å². The van der Waals surface area contributed by atoms with Crippen molar-refractivity contribution in [1.29, 1.82) is 0 Å². The van der Waals surface area contributed by atoms with Crippen molar-refractivity contribution >= 4 is 6.22 Å². The molecule has 1 aromatic rings. The highest BCUT2D eigenvalue weighted by Gasteiger charge is 1.97. The van der Waals surface area contributed by atoms with Crippen molar-refractivity contribution in [3.05, 3.63) is 35.9 Å². The molecule has 0 aliphatic rings. The van der Waals surface area contributed by atoms with Crippen LogP contribution in [0.3, 0.4) is 0 Å². The molecule has 0 amide bonds. The second-order valence-electron chi connectivity index (χ2n) is 2.68. The second-order valence-corrected chi connectivity index (χ2v) is 2.68. The van der Waals surface area contributed by atoms with E-state index in [9.17, 15) is 9.18 Å². The van der Waals surface area contributed by atoms with Crippen LogP contribution in [0.25, 0.3) is 0 Å². The second kappa shape index (κ2) is 5.30. The highest BCUT2D eigenvalue weighted by atomic mass is 19.1. The molecule has 0 spiro atoms. The molecule has 0 saturated carbocycles. The van der Waals surface area contributed by atoms with Crippen LogP contribution < -0.4 is 0 Å². The van der Waals surface area contributed by atoms with E-state index in [0.29, 0.717) is 6.42 Å². The lowest BCUT2D eigenvalue weighted by molar-refractivity contribution is 0.119. The molecule has 0 fully saturated rings. The monoisotopic (exact) mass is 182 g/mol. The maximum absolute atomic E-state index is 11.6. The number of hydrogen-bond acceptors (Lipinski definition) is 2. The highest BCUT2D eigenvalue weighted by Crippen LogP contribution is 2.02. The Bertz CT molecular complexity index is 259. The number of hydrogen-bond donors (Lipinski definition) is 0. The Morgan fingerprint density at radius 2 is 2.00 bits per heavy atom. The zero-order valence-corrected chi connectivity index (χ0v) is 7.20. The third kappa shape index (κ3) is 4.25. The molecular formula is C10H11FO2. The molecule has 1 rings (SSSR count). The maximum atomic E-state index is 11.6. The lowest BCUT2D eigenvalue weighted by Gasteiger charge is -2.00. The Morgan fingerprint density at radius 1 is 1.31 bits per heavy atom. The molecule has 13 heavy (non-hydrogen) atoms. The topological polar surface area (TPSA) is 26.3 Å². The van der Waals surface area contributed by atoms with Crippen molar-refractivity contribution in [2.75, 3.05) is 6.61 Å². The zero-order valence-electron chi connectivity index (χ0n) is 7.20. The third-order valence-electron chi connectivity index (χ3n) is 1.67. The number of halogens is 1. The van der Waals surface area contributed by atoms with Gasteiger partial charge in [0.15, 0.2) is 0 Å². The summed E-state index contributed by atoms with van der Waals surface area (Å²) in [5.41, 5.74) is 1.16. The Hall–Kier alpha value is -1.38. The molecule has 0 aliphatic heterocycles. The first kappa shape index (κ1) is 9.71. The number of benzene rings is 1. The molecular weight excluding hydrogens is 171 g/mol. The first-order valence-electron chi connectivity index (χ1n) is 4.15. The van der Waals surface area contributed by atoms with Gasteiger partial charge in [-0.05, 0) is 18.4 Å². The van der Waals surface area contributed by atoms with Crippen molar-refractivity contribution in [1.82, 2.24) is 0 Å². The Kier molecular flexibility index (Phi) is 3.96.